The van der Waals surface area contributed by atoms with E-state index >= 15 is 0 Å². The number of hydrogen-bond donors (Lipinski definition) is 0. The summed E-state index contributed by atoms with van der Waals surface area (Å²) in [5.41, 5.74) is -0.282. The van der Waals surface area contributed by atoms with Crippen molar-refractivity contribution in [3.05, 3.63) is 27.1 Å². The molecule has 0 N–H and O–H groups in total. The first-order chi connectivity index (χ1) is 8.58. The molecule has 0 amide bonds. The minimum atomic E-state index is -0.421. The largest absolute Gasteiger partial charge is 0.494 e. The Kier molecular flexibility index (Phi) is 5.91. The van der Waals surface area contributed by atoms with E-state index < -0.39 is 5.97 Å². The predicted octanol–water partition coefficient (Wildman–Crippen LogP) is 1.96. The quantitative estimate of drug-likeness (QED) is 0.594. The standard InChI is InChI=1S/C12H16BrNO4/c1-3-4-5-18-12(16)8-14-7-10(17-2)9(13)6-11(14)15/h6-7H,3-5,8H2,1-2H3. The molecule has 1 aromatic rings. The van der Waals surface area contributed by atoms with Crippen LogP contribution in [0.3, 0.4) is 0 Å². The number of esters is 1. The summed E-state index contributed by atoms with van der Waals surface area (Å²) in [6.07, 6.45) is 3.26. The van der Waals surface area contributed by atoms with Gasteiger partial charge in [-0.05, 0) is 22.4 Å². The molecule has 100 valence electrons. The van der Waals surface area contributed by atoms with E-state index in [9.17, 15) is 9.59 Å². The molecule has 0 aromatic carbocycles. The number of ether oxygens (including phenoxy) is 2. The van der Waals surface area contributed by atoms with E-state index in [0.717, 1.165) is 12.8 Å². The first-order valence-corrected chi connectivity index (χ1v) is 6.47. The Labute approximate surface area is 114 Å². The molecule has 0 aliphatic carbocycles. The number of hydrogen-bond acceptors (Lipinski definition) is 4. The fraction of sp³-hybridized carbons (Fsp3) is 0.500. The lowest BCUT2D eigenvalue weighted by Crippen LogP contribution is -2.24. The van der Waals surface area contributed by atoms with Crippen molar-refractivity contribution in [1.82, 2.24) is 4.57 Å². The topological polar surface area (TPSA) is 57.5 Å². The van der Waals surface area contributed by atoms with Gasteiger partial charge in [0.2, 0.25) is 0 Å². The molecule has 0 aliphatic rings. The van der Waals surface area contributed by atoms with Crippen molar-refractivity contribution >= 4 is 21.9 Å². The smallest absolute Gasteiger partial charge is 0.326 e. The molecule has 0 radical (unpaired) electrons. The molecule has 0 fully saturated rings. The number of halogens is 1. The maximum Gasteiger partial charge on any atom is 0.326 e. The fourth-order valence-electron chi connectivity index (χ4n) is 1.32. The Hall–Kier alpha value is -1.30. The Morgan fingerprint density at radius 3 is 2.83 bits per heavy atom. The van der Waals surface area contributed by atoms with Crippen molar-refractivity contribution in [1.29, 1.82) is 0 Å². The third-order valence-electron chi connectivity index (χ3n) is 2.32. The molecule has 0 saturated heterocycles. The molecule has 0 unspecified atom stereocenters. The van der Waals surface area contributed by atoms with Gasteiger partial charge in [0, 0.05) is 6.07 Å². The van der Waals surface area contributed by atoms with Gasteiger partial charge in [0.15, 0.2) is 0 Å². The van der Waals surface area contributed by atoms with Crippen LogP contribution in [0.4, 0.5) is 0 Å². The van der Waals surface area contributed by atoms with E-state index in [4.69, 9.17) is 9.47 Å². The number of unbranched alkanes of at least 4 members (excludes halogenated alkanes) is 1. The van der Waals surface area contributed by atoms with E-state index in [2.05, 4.69) is 15.9 Å². The van der Waals surface area contributed by atoms with Crippen molar-refractivity contribution < 1.29 is 14.3 Å². The molecule has 5 nitrogen and oxygen atoms in total. The average molecular weight is 318 g/mol. The van der Waals surface area contributed by atoms with Gasteiger partial charge in [-0.2, -0.15) is 0 Å². The molecular weight excluding hydrogens is 302 g/mol. The van der Waals surface area contributed by atoms with Crippen molar-refractivity contribution in [2.45, 2.75) is 26.3 Å². The minimum absolute atomic E-state index is 0.105. The molecule has 0 atom stereocenters. The van der Waals surface area contributed by atoms with Crippen molar-refractivity contribution in [2.75, 3.05) is 13.7 Å². The van der Waals surface area contributed by atoms with Crippen LogP contribution in [0.2, 0.25) is 0 Å². The van der Waals surface area contributed by atoms with Gasteiger partial charge < -0.3 is 14.0 Å². The molecule has 1 rings (SSSR count). The Morgan fingerprint density at radius 1 is 1.50 bits per heavy atom. The van der Waals surface area contributed by atoms with Gasteiger partial charge in [-0.3, -0.25) is 9.59 Å². The highest BCUT2D eigenvalue weighted by atomic mass is 79.9. The van der Waals surface area contributed by atoms with E-state index in [0.29, 0.717) is 16.8 Å². The number of aromatic nitrogens is 1. The van der Waals surface area contributed by atoms with Gasteiger partial charge >= 0.3 is 5.97 Å². The lowest BCUT2D eigenvalue weighted by Gasteiger charge is -2.09. The summed E-state index contributed by atoms with van der Waals surface area (Å²) in [4.78, 5) is 23.1. The second-order valence-electron chi connectivity index (χ2n) is 3.73. The van der Waals surface area contributed by atoms with Crippen LogP contribution in [0, 0.1) is 0 Å². The molecular formula is C12H16BrNO4. The van der Waals surface area contributed by atoms with Crippen LogP contribution in [0.1, 0.15) is 19.8 Å². The Bertz CT molecular complexity index is 470. The van der Waals surface area contributed by atoms with Crippen molar-refractivity contribution in [3.63, 3.8) is 0 Å². The number of nitrogens with zero attached hydrogens (tertiary/aromatic N) is 1. The molecule has 6 heteroatoms. The van der Waals surface area contributed by atoms with Crippen LogP contribution >= 0.6 is 15.9 Å². The second-order valence-corrected chi connectivity index (χ2v) is 4.58. The van der Waals surface area contributed by atoms with Crippen LogP contribution in [0.5, 0.6) is 5.75 Å². The summed E-state index contributed by atoms with van der Waals surface area (Å²) in [7, 11) is 1.49. The zero-order chi connectivity index (χ0) is 13.5. The monoisotopic (exact) mass is 317 g/mol. The van der Waals surface area contributed by atoms with E-state index in [1.807, 2.05) is 6.92 Å². The number of methoxy groups -OCH3 is 1. The van der Waals surface area contributed by atoms with Gasteiger partial charge in [-0.1, -0.05) is 13.3 Å². The molecule has 1 heterocycles. The Morgan fingerprint density at radius 2 is 2.22 bits per heavy atom. The molecule has 0 spiro atoms. The lowest BCUT2D eigenvalue weighted by atomic mass is 10.4. The molecule has 1 aromatic heterocycles. The van der Waals surface area contributed by atoms with Crippen LogP contribution in [-0.4, -0.2) is 24.3 Å². The zero-order valence-electron chi connectivity index (χ0n) is 10.4. The minimum Gasteiger partial charge on any atom is -0.494 e. The van der Waals surface area contributed by atoms with E-state index in [-0.39, 0.29) is 12.1 Å². The average Bonchev–Trinajstić information content (AvgIpc) is 2.33. The van der Waals surface area contributed by atoms with E-state index in [1.54, 1.807) is 0 Å². The number of rotatable bonds is 6. The summed E-state index contributed by atoms with van der Waals surface area (Å²) >= 11 is 3.20. The number of carbonyl (C=O) groups excluding carboxylic acids is 1. The zero-order valence-corrected chi connectivity index (χ0v) is 12.0. The van der Waals surface area contributed by atoms with Crippen LogP contribution in [-0.2, 0) is 16.1 Å². The fourth-order valence-corrected chi connectivity index (χ4v) is 1.78. The third-order valence-corrected chi connectivity index (χ3v) is 2.94. The molecule has 18 heavy (non-hydrogen) atoms. The van der Waals surface area contributed by atoms with E-state index in [1.165, 1.54) is 23.9 Å². The summed E-state index contributed by atoms with van der Waals surface area (Å²) in [6, 6.07) is 1.36. The Balaban J connectivity index is 2.72. The molecule has 0 saturated carbocycles. The highest BCUT2D eigenvalue weighted by Gasteiger charge is 2.09. The normalized spacial score (nSPS) is 10.2. The van der Waals surface area contributed by atoms with Crippen molar-refractivity contribution in [2.24, 2.45) is 0 Å². The lowest BCUT2D eigenvalue weighted by molar-refractivity contribution is -0.144. The maximum atomic E-state index is 11.6. The van der Waals surface area contributed by atoms with Crippen LogP contribution in [0.15, 0.2) is 21.5 Å². The SMILES string of the molecule is CCCCOC(=O)Cn1cc(OC)c(Br)cc1=O. The summed E-state index contributed by atoms with van der Waals surface area (Å²) in [5.74, 6) is 0.0749. The maximum absolute atomic E-state index is 11.6. The summed E-state index contributed by atoms with van der Waals surface area (Å²) in [5, 5.41) is 0. The predicted molar refractivity (Wildman–Crippen MR) is 70.8 cm³/mol. The summed E-state index contributed by atoms with van der Waals surface area (Å²) in [6.45, 7) is 2.29. The highest BCUT2D eigenvalue weighted by molar-refractivity contribution is 9.10. The third kappa shape index (κ3) is 4.18. The van der Waals surface area contributed by atoms with Gasteiger partial charge in [0.25, 0.3) is 5.56 Å². The molecule has 0 aliphatic heterocycles. The highest BCUT2D eigenvalue weighted by Crippen LogP contribution is 2.21. The summed E-state index contributed by atoms with van der Waals surface area (Å²) < 4.78 is 11.9. The first-order valence-electron chi connectivity index (χ1n) is 5.68. The van der Waals surface area contributed by atoms with Gasteiger partial charge in [-0.25, -0.2) is 0 Å². The number of carbonyl (C=O) groups is 1. The van der Waals surface area contributed by atoms with Gasteiger partial charge in [0.1, 0.15) is 12.3 Å². The second kappa shape index (κ2) is 7.20. The van der Waals surface area contributed by atoms with Crippen molar-refractivity contribution in [3.8, 4) is 5.75 Å². The molecule has 0 bridgehead atoms. The van der Waals surface area contributed by atoms with Gasteiger partial charge in [-0.15, -0.1) is 0 Å². The first kappa shape index (κ1) is 14.8. The van der Waals surface area contributed by atoms with Crippen LogP contribution in [0.25, 0.3) is 0 Å². The van der Waals surface area contributed by atoms with Crippen LogP contribution < -0.4 is 10.3 Å². The van der Waals surface area contributed by atoms with Gasteiger partial charge in [0.05, 0.1) is 24.4 Å². The number of pyridine rings is 1.